The summed E-state index contributed by atoms with van der Waals surface area (Å²) in [6, 6.07) is 5.06. The predicted octanol–water partition coefficient (Wildman–Crippen LogP) is -5.33. The van der Waals surface area contributed by atoms with Gasteiger partial charge in [0.2, 0.25) is 0 Å². The molecule has 1 spiro atoms. The first-order valence-electron chi connectivity index (χ1n) is 9.54. The van der Waals surface area contributed by atoms with E-state index in [0.717, 1.165) is 5.56 Å². The van der Waals surface area contributed by atoms with Crippen LogP contribution in [0.25, 0.3) is 0 Å². The van der Waals surface area contributed by atoms with Crippen LogP contribution in [0.3, 0.4) is 0 Å². The van der Waals surface area contributed by atoms with E-state index in [1.807, 2.05) is 6.92 Å². The largest absolute Gasteiger partial charge is 0.449 e. The van der Waals surface area contributed by atoms with E-state index in [4.69, 9.17) is 26.7 Å². The molecule has 0 aliphatic carbocycles. The van der Waals surface area contributed by atoms with Crippen LogP contribution in [0.5, 0.6) is 0 Å². The van der Waals surface area contributed by atoms with E-state index < -0.39 is 41.7 Å². The van der Waals surface area contributed by atoms with Gasteiger partial charge in [-0.05, 0) is 19.1 Å². The number of aryl methyl sites for hydroxylation is 1. The average Bonchev–Trinajstić information content (AvgIpc) is 3.16. The Morgan fingerprint density at radius 1 is 1.29 bits per heavy atom. The van der Waals surface area contributed by atoms with E-state index in [-0.39, 0.29) is 30.6 Å². The maximum Gasteiger partial charge on any atom is 0.404 e. The van der Waals surface area contributed by atoms with Gasteiger partial charge in [0.05, 0.1) is 5.56 Å². The SMILES string of the molecule is Cc1ccc(C(=O)O[C@H]2C[N+]3=C(N)N[C@@H](COC(N)=O)[C@@H]4[NH+]=C(N)N[C@@]43C2(O)O)cc1. The minimum absolute atomic E-state index is 0.0357. The molecule has 0 bridgehead atoms. The number of hydrogen-bond acceptors (Lipinski definition) is 10. The van der Waals surface area contributed by atoms with Gasteiger partial charge in [-0.15, -0.1) is 0 Å². The molecular formula is C18H25N7O6+2. The van der Waals surface area contributed by atoms with Crippen molar-refractivity contribution in [1.29, 1.82) is 0 Å². The van der Waals surface area contributed by atoms with Crippen molar-refractivity contribution in [3.63, 3.8) is 0 Å². The van der Waals surface area contributed by atoms with Gasteiger partial charge in [-0.1, -0.05) is 17.7 Å². The molecule has 13 nitrogen and oxygen atoms in total. The molecule has 4 rings (SSSR count). The number of nitrogens with zero attached hydrogens (tertiary/aromatic N) is 1. The molecule has 3 aliphatic heterocycles. The Kier molecular flexibility index (Phi) is 4.66. The Hall–Kier alpha value is -3.58. The number of carbonyl (C=O) groups excluding carboxylic acids is 2. The van der Waals surface area contributed by atoms with Crippen molar-refractivity contribution in [2.75, 3.05) is 13.2 Å². The van der Waals surface area contributed by atoms with Gasteiger partial charge in [0.25, 0.3) is 5.79 Å². The number of carbonyl (C=O) groups is 2. The second-order valence-corrected chi connectivity index (χ2v) is 7.79. The Balaban J connectivity index is 1.66. The van der Waals surface area contributed by atoms with Crippen LogP contribution in [0.1, 0.15) is 15.9 Å². The fourth-order valence-electron chi connectivity index (χ4n) is 4.38. The summed E-state index contributed by atoms with van der Waals surface area (Å²) in [5.41, 5.74) is 16.6. The van der Waals surface area contributed by atoms with Crippen molar-refractivity contribution in [3.8, 4) is 0 Å². The Labute approximate surface area is 176 Å². The number of guanidine groups is 2. The standard InChI is InChI=1S/C18H23N7O6/c1-8-2-4-9(5-3-8)13(26)31-11-6-25-15(20)22-10(7-30-16(21)27)12-17(25,18(11,28)29)24-14(19)23-12/h2-5,10-12,28-29H,6-7H2,1H3,(H7,19,20,21,22,23,24,27)/p+2/t10-,11-,12-,17-/m0/s1. The molecule has 0 saturated carbocycles. The Morgan fingerprint density at radius 3 is 2.61 bits per heavy atom. The highest BCUT2D eigenvalue weighted by molar-refractivity contribution is 5.89. The lowest BCUT2D eigenvalue weighted by molar-refractivity contribution is -0.674. The lowest BCUT2D eigenvalue weighted by Crippen LogP contribution is -2.91. The molecule has 4 atom stereocenters. The van der Waals surface area contributed by atoms with Crippen LogP contribution in [0, 0.1) is 6.92 Å². The van der Waals surface area contributed by atoms with Crippen molar-refractivity contribution in [2.45, 2.75) is 36.6 Å². The average molecular weight is 435 g/mol. The van der Waals surface area contributed by atoms with E-state index in [0.29, 0.717) is 0 Å². The maximum absolute atomic E-state index is 12.6. The molecule has 13 heteroatoms. The third kappa shape index (κ3) is 3.09. The number of benzene rings is 1. The fourth-order valence-corrected chi connectivity index (χ4v) is 4.38. The fraction of sp³-hybridized carbons (Fsp3) is 0.444. The molecule has 3 aliphatic rings. The number of primary amides is 1. The zero-order chi connectivity index (χ0) is 22.6. The topological polar surface area (TPSA) is 212 Å². The highest BCUT2D eigenvalue weighted by Crippen LogP contribution is 2.39. The molecule has 31 heavy (non-hydrogen) atoms. The zero-order valence-electron chi connectivity index (χ0n) is 16.7. The van der Waals surface area contributed by atoms with E-state index in [9.17, 15) is 19.8 Å². The van der Waals surface area contributed by atoms with Gasteiger partial charge in [0.15, 0.2) is 12.1 Å². The van der Waals surface area contributed by atoms with E-state index >= 15 is 0 Å². The van der Waals surface area contributed by atoms with Crippen LogP contribution in [-0.2, 0) is 9.47 Å². The van der Waals surface area contributed by atoms with Gasteiger partial charge in [0, 0.05) is 0 Å². The smallest absolute Gasteiger partial charge is 0.404 e. The monoisotopic (exact) mass is 435 g/mol. The van der Waals surface area contributed by atoms with E-state index in [2.05, 4.69) is 15.6 Å². The lowest BCUT2D eigenvalue weighted by Gasteiger charge is -2.40. The molecule has 166 valence electrons. The quantitative estimate of drug-likeness (QED) is 0.128. The van der Waals surface area contributed by atoms with Gasteiger partial charge < -0.3 is 25.4 Å². The zero-order valence-corrected chi connectivity index (χ0v) is 16.7. The van der Waals surface area contributed by atoms with Crippen LogP contribution >= 0.6 is 0 Å². The Bertz CT molecular complexity index is 992. The van der Waals surface area contributed by atoms with Crippen LogP contribution < -0.4 is 32.8 Å². The van der Waals surface area contributed by atoms with Gasteiger partial charge in [0.1, 0.15) is 19.2 Å². The third-order valence-corrected chi connectivity index (χ3v) is 5.84. The van der Waals surface area contributed by atoms with E-state index in [1.54, 1.807) is 24.3 Å². The summed E-state index contributed by atoms with van der Waals surface area (Å²) in [6.07, 6.45) is -2.39. The first kappa shape index (κ1) is 20.7. The maximum atomic E-state index is 12.6. The van der Waals surface area contributed by atoms with Crippen molar-refractivity contribution >= 4 is 24.0 Å². The Morgan fingerprint density at radius 2 is 1.97 bits per heavy atom. The number of rotatable bonds is 4. The molecule has 1 amide bonds. The third-order valence-electron chi connectivity index (χ3n) is 5.84. The molecule has 0 aromatic heterocycles. The summed E-state index contributed by atoms with van der Waals surface area (Å²) in [5.74, 6) is -3.29. The van der Waals surface area contributed by atoms with Crippen molar-refractivity contribution in [3.05, 3.63) is 35.4 Å². The summed E-state index contributed by atoms with van der Waals surface area (Å²) in [5, 5.41) is 28.2. The van der Waals surface area contributed by atoms with Gasteiger partial charge in [-0.2, -0.15) is 0 Å². The number of nitrogens with two attached hydrogens (primary N) is 3. The second-order valence-electron chi connectivity index (χ2n) is 7.79. The molecule has 0 unspecified atom stereocenters. The predicted molar refractivity (Wildman–Crippen MR) is 104 cm³/mol. The number of hydrogen-bond donors (Lipinski definition) is 8. The minimum atomic E-state index is -2.64. The number of aliphatic hydroxyl groups is 2. The highest BCUT2D eigenvalue weighted by Gasteiger charge is 2.79. The molecule has 1 saturated heterocycles. The van der Waals surface area contributed by atoms with Crippen molar-refractivity contribution < 1.29 is 38.8 Å². The van der Waals surface area contributed by atoms with Crippen LogP contribution in [0.2, 0.25) is 0 Å². The second kappa shape index (κ2) is 6.99. The van der Waals surface area contributed by atoms with Crippen LogP contribution in [-0.4, -0.2) is 81.6 Å². The molecule has 3 heterocycles. The van der Waals surface area contributed by atoms with Gasteiger partial charge >= 0.3 is 29.6 Å². The number of amides is 1. The van der Waals surface area contributed by atoms with Crippen molar-refractivity contribution in [1.82, 2.24) is 10.6 Å². The molecule has 11 N–H and O–H groups in total. The number of ether oxygens (including phenoxy) is 2. The molecule has 1 fully saturated rings. The van der Waals surface area contributed by atoms with Gasteiger partial charge in [-0.3, -0.25) is 21.8 Å². The van der Waals surface area contributed by atoms with Crippen molar-refractivity contribution in [2.24, 2.45) is 17.2 Å². The first-order valence-corrected chi connectivity index (χ1v) is 9.54. The first-order chi connectivity index (χ1) is 14.6. The number of esters is 1. The number of nitrogens with one attached hydrogen (secondary N) is 3. The summed E-state index contributed by atoms with van der Waals surface area (Å²) in [6.45, 7) is 1.49. The molecular weight excluding hydrogens is 410 g/mol. The molecule has 1 aromatic carbocycles. The summed E-state index contributed by atoms with van der Waals surface area (Å²) >= 11 is 0. The van der Waals surface area contributed by atoms with Crippen LogP contribution in [0.4, 0.5) is 4.79 Å². The van der Waals surface area contributed by atoms with Crippen LogP contribution in [0.15, 0.2) is 24.3 Å². The van der Waals surface area contributed by atoms with Gasteiger partial charge in [-0.25, -0.2) is 19.5 Å². The lowest BCUT2D eigenvalue weighted by atomic mass is 9.86. The summed E-state index contributed by atoms with van der Waals surface area (Å²) in [7, 11) is 0. The normalized spacial score (nSPS) is 30.4. The van der Waals surface area contributed by atoms with E-state index in [1.165, 1.54) is 4.58 Å². The summed E-state index contributed by atoms with van der Waals surface area (Å²) < 4.78 is 11.7. The minimum Gasteiger partial charge on any atom is -0.449 e. The summed E-state index contributed by atoms with van der Waals surface area (Å²) in [4.78, 5) is 26.6. The highest BCUT2D eigenvalue weighted by atomic mass is 16.6. The molecule has 1 aromatic rings. The molecule has 0 radical (unpaired) electrons.